The number of rotatable bonds is 1. The molecule has 0 saturated carbocycles. The monoisotopic (exact) mass is 188 g/mol. The molecule has 3 rings (SSSR count). The quantitative estimate of drug-likeness (QED) is 0.519. The van der Waals surface area contributed by atoms with E-state index in [-0.39, 0.29) is 30.7 Å². The molecule has 0 aromatic carbocycles. The van der Waals surface area contributed by atoms with Crippen molar-refractivity contribution < 1.29 is 23.7 Å². The van der Waals surface area contributed by atoms with E-state index in [1.807, 2.05) is 0 Å². The van der Waals surface area contributed by atoms with Gasteiger partial charge in [0.1, 0.15) is 31.2 Å². The van der Waals surface area contributed by atoms with Crippen molar-refractivity contribution in [2.75, 3.05) is 20.5 Å². The summed E-state index contributed by atoms with van der Waals surface area (Å²) in [5.41, 5.74) is 0. The first-order chi connectivity index (χ1) is 6.40. The third-order valence-electron chi connectivity index (χ3n) is 2.69. The van der Waals surface area contributed by atoms with Crippen LogP contribution in [0.2, 0.25) is 0 Å². The molecule has 0 spiro atoms. The fourth-order valence-electron chi connectivity index (χ4n) is 1.98. The van der Waals surface area contributed by atoms with E-state index in [4.69, 9.17) is 23.7 Å². The molecule has 0 radical (unpaired) electrons. The lowest BCUT2D eigenvalue weighted by Gasteiger charge is -2.35. The highest BCUT2D eigenvalue weighted by Gasteiger charge is 2.59. The van der Waals surface area contributed by atoms with Crippen LogP contribution in [0.3, 0.4) is 0 Å². The highest BCUT2D eigenvalue weighted by Crippen LogP contribution is 2.40. The minimum Gasteiger partial charge on any atom is -0.361 e. The van der Waals surface area contributed by atoms with Crippen molar-refractivity contribution >= 4 is 0 Å². The van der Waals surface area contributed by atoms with Crippen molar-refractivity contribution in [1.82, 2.24) is 0 Å². The van der Waals surface area contributed by atoms with E-state index in [2.05, 4.69) is 0 Å². The molecule has 5 nitrogen and oxygen atoms in total. The zero-order chi connectivity index (χ0) is 8.84. The maximum atomic E-state index is 5.60. The van der Waals surface area contributed by atoms with Gasteiger partial charge in [0.2, 0.25) is 0 Å². The van der Waals surface area contributed by atoms with E-state index in [1.165, 1.54) is 0 Å². The van der Waals surface area contributed by atoms with Crippen LogP contribution >= 0.6 is 0 Å². The maximum Gasteiger partial charge on any atom is 0.186 e. The van der Waals surface area contributed by atoms with Gasteiger partial charge in [-0.2, -0.15) is 0 Å². The molecule has 0 N–H and O–H groups in total. The van der Waals surface area contributed by atoms with Crippen LogP contribution < -0.4 is 0 Å². The van der Waals surface area contributed by atoms with Crippen LogP contribution in [0.25, 0.3) is 0 Å². The summed E-state index contributed by atoms with van der Waals surface area (Å²) < 4.78 is 26.7. The number of fused-ring (bicyclic) bond motifs is 3. The van der Waals surface area contributed by atoms with E-state index in [1.54, 1.807) is 7.11 Å². The predicted octanol–water partition coefficient (Wildman–Crippen LogP) is -0.502. The molecular formula is C8H12O5. The van der Waals surface area contributed by atoms with Crippen molar-refractivity contribution in [2.24, 2.45) is 0 Å². The molecule has 13 heavy (non-hydrogen) atoms. The van der Waals surface area contributed by atoms with E-state index in [0.717, 1.165) is 0 Å². The van der Waals surface area contributed by atoms with Crippen LogP contribution in [0.15, 0.2) is 0 Å². The second kappa shape index (κ2) is 2.90. The Kier molecular flexibility index (Phi) is 1.81. The summed E-state index contributed by atoms with van der Waals surface area (Å²) in [7, 11) is 1.62. The molecule has 74 valence electrons. The summed E-state index contributed by atoms with van der Waals surface area (Å²) in [6, 6.07) is 0. The molecule has 3 fully saturated rings. The second-order valence-corrected chi connectivity index (χ2v) is 3.46. The Balaban J connectivity index is 1.74. The molecule has 0 aliphatic carbocycles. The van der Waals surface area contributed by atoms with Gasteiger partial charge >= 0.3 is 0 Å². The first kappa shape index (κ1) is 8.14. The van der Waals surface area contributed by atoms with Gasteiger partial charge in [-0.3, -0.25) is 0 Å². The maximum absolute atomic E-state index is 5.60. The summed E-state index contributed by atoms with van der Waals surface area (Å²) >= 11 is 0. The van der Waals surface area contributed by atoms with Gasteiger partial charge in [-0.1, -0.05) is 0 Å². The topological polar surface area (TPSA) is 49.5 Å². The summed E-state index contributed by atoms with van der Waals surface area (Å²) in [5.74, 6) is 0. The van der Waals surface area contributed by atoms with E-state index >= 15 is 0 Å². The van der Waals surface area contributed by atoms with Gasteiger partial charge in [-0.25, -0.2) is 0 Å². The van der Waals surface area contributed by atoms with Gasteiger partial charge in [0, 0.05) is 7.11 Å². The highest BCUT2D eigenvalue weighted by atomic mass is 16.8. The van der Waals surface area contributed by atoms with Crippen molar-refractivity contribution in [3.05, 3.63) is 0 Å². The minimum absolute atomic E-state index is 0.0325. The molecule has 5 heteroatoms. The zero-order valence-electron chi connectivity index (χ0n) is 7.34. The van der Waals surface area contributed by atoms with Crippen LogP contribution in [0, 0.1) is 0 Å². The van der Waals surface area contributed by atoms with Crippen LogP contribution in [0.5, 0.6) is 0 Å². The molecule has 0 amide bonds. The Labute approximate surface area is 75.8 Å². The summed E-state index contributed by atoms with van der Waals surface area (Å²) in [5, 5.41) is 0. The van der Waals surface area contributed by atoms with Gasteiger partial charge in [-0.15, -0.1) is 0 Å². The third kappa shape index (κ3) is 1.19. The van der Waals surface area contributed by atoms with Crippen LogP contribution in [-0.2, 0) is 23.7 Å². The Morgan fingerprint density at radius 2 is 2.08 bits per heavy atom. The lowest BCUT2D eigenvalue weighted by Crippen LogP contribution is -2.51. The number of hydrogen-bond donors (Lipinski definition) is 0. The normalized spacial score (nSPS) is 53.8. The summed E-state index contributed by atoms with van der Waals surface area (Å²) in [4.78, 5) is 0. The predicted molar refractivity (Wildman–Crippen MR) is 40.0 cm³/mol. The number of epoxide rings is 1. The fourth-order valence-corrected chi connectivity index (χ4v) is 1.98. The Morgan fingerprint density at radius 1 is 1.15 bits per heavy atom. The molecular weight excluding hydrogens is 176 g/mol. The van der Waals surface area contributed by atoms with E-state index in [0.29, 0.717) is 13.4 Å². The Hall–Kier alpha value is -0.200. The average molecular weight is 188 g/mol. The molecule has 3 aliphatic heterocycles. The second-order valence-electron chi connectivity index (χ2n) is 3.46. The molecule has 0 aromatic rings. The van der Waals surface area contributed by atoms with E-state index < -0.39 is 0 Å². The van der Waals surface area contributed by atoms with Crippen molar-refractivity contribution in [1.29, 1.82) is 0 Å². The number of methoxy groups -OCH3 is 1. The lowest BCUT2D eigenvalue weighted by atomic mass is 10.0. The molecule has 3 aliphatic rings. The fraction of sp³-hybridized carbons (Fsp3) is 1.00. The van der Waals surface area contributed by atoms with Crippen LogP contribution in [0.1, 0.15) is 0 Å². The molecule has 3 saturated heterocycles. The molecule has 3 heterocycles. The van der Waals surface area contributed by atoms with Gasteiger partial charge in [0.05, 0.1) is 6.61 Å². The number of ether oxygens (including phenoxy) is 5. The smallest absolute Gasteiger partial charge is 0.186 e. The molecule has 0 bridgehead atoms. The summed E-state index contributed by atoms with van der Waals surface area (Å²) in [6.07, 6.45) is -0.0545. The van der Waals surface area contributed by atoms with Gasteiger partial charge in [0.15, 0.2) is 6.29 Å². The van der Waals surface area contributed by atoms with Crippen molar-refractivity contribution in [3.63, 3.8) is 0 Å². The van der Waals surface area contributed by atoms with Crippen LogP contribution in [-0.4, -0.2) is 51.2 Å². The third-order valence-corrected chi connectivity index (χ3v) is 2.69. The van der Waals surface area contributed by atoms with Gasteiger partial charge < -0.3 is 23.7 Å². The first-order valence-electron chi connectivity index (χ1n) is 4.43. The van der Waals surface area contributed by atoms with Crippen LogP contribution in [0.4, 0.5) is 0 Å². The van der Waals surface area contributed by atoms with Crippen molar-refractivity contribution in [3.8, 4) is 0 Å². The van der Waals surface area contributed by atoms with Crippen molar-refractivity contribution in [2.45, 2.75) is 30.7 Å². The minimum atomic E-state index is -0.253. The largest absolute Gasteiger partial charge is 0.361 e. The molecule has 0 aromatic heterocycles. The zero-order valence-corrected chi connectivity index (χ0v) is 7.34. The summed E-state index contributed by atoms with van der Waals surface area (Å²) in [6.45, 7) is 0.909. The molecule has 5 atom stereocenters. The van der Waals surface area contributed by atoms with E-state index in [9.17, 15) is 0 Å². The number of hydrogen-bond acceptors (Lipinski definition) is 5. The van der Waals surface area contributed by atoms with Gasteiger partial charge in [-0.05, 0) is 0 Å². The highest BCUT2D eigenvalue weighted by molar-refractivity contribution is 5.02. The standard InChI is InChI=1S/C8H12O5/c1-9-8-7-6(13-7)5-4(12-8)2-10-3-11-5/h4-8H,2-3H2,1H3/t4-,5-,6-,7-,8+/m1/s1. The first-order valence-corrected chi connectivity index (χ1v) is 4.43. The average Bonchev–Trinajstić information content (AvgIpc) is 2.96. The SMILES string of the molecule is CO[C@H]1O[C@@H]2COCO[C@H]2[C@H]2O[C@@H]12. The van der Waals surface area contributed by atoms with Gasteiger partial charge in [0.25, 0.3) is 0 Å². The lowest BCUT2D eigenvalue weighted by molar-refractivity contribution is -0.267. The Morgan fingerprint density at radius 3 is 2.92 bits per heavy atom. The Bertz CT molecular complexity index is 209. The molecule has 0 unspecified atom stereocenters.